The third-order valence-electron chi connectivity index (χ3n) is 3.23. The molecule has 0 bridgehead atoms. The number of halogens is 2. The van der Waals surface area contributed by atoms with E-state index < -0.39 is 0 Å². The highest BCUT2D eigenvalue weighted by Crippen LogP contribution is 2.25. The average molecular weight is 381 g/mol. The van der Waals surface area contributed by atoms with Crippen LogP contribution in [0.5, 0.6) is 0 Å². The van der Waals surface area contributed by atoms with Crippen LogP contribution in [-0.2, 0) is 9.47 Å². The molecule has 0 N–H and O–H groups in total. The van der Waals surface area contributed by atoms with Gasteiger partial charge in [0.1, 0.15) is 0 Å². The molecule has 1 saturated heterocycles. The Balaban J connectivity index is 1.88. The Labute approximate surface area is 127 Å². The zero-order chi connectivity index (χ0) is 12.8. The SMILES string of the molecule is Clc1cccc(C(CI)OCC2CCOCC2)c1. The molecular weight excluding hydrogens is 363 g/mol. The van der Waals surface area contributed by atoms with E-state index in [0.717, 1.165) is 42.1 Å². The van der Waals surface area contributed by atoms with E-state index in [-0.39, 0.29) is 6.10 Å². The second-order valence-electron chi connectivity index (χ2n) is 4.59. The van der Waals surface area contributed by atoms with Gasteiger partial charge in [0.2, 0.25) is 0 Å². The first-order chi connectivity index (χ1) is 8.79. The van der Waals surface area contributed by atoms with Crippen molar-refractivity contribution in [3.63, 3.8) is 0 Å². The molecule has 1 fully saturated rings. The van der Waals surface area contributed by atoms with Crippen molar-refractivity contribution in [3.05, 3.63) is 34.9 Å². The lowest BCUT2D eigenvalue weighted by Gasteiger charge is -2.24. The molecule has 0 aliphatic carbocycles. The molecule has 100 valence electrons. The second-order valence-corrected chi connectivity index (χ2v) is 5.90. The van der Waals surface area contributed by atoms with Crippen molar-refractivity contribution in [3.8, 4) is 0 Å². The zero-order valence-corrected chi connectivity index (χ0v) is 13.2. The predicted molar refractivity (Wildman–Crippen MR) is 82.6 cm³/mol. The van der Waals surface area contributed by atoms with Crippen molar-refractivity contribution in [2.45, 2.75) is 18.9 Å². The van der Waals surface area contributed by atoms with Crippen LogP contribution in [0.25, 0.3) is 0 Å². The summed E-state index contributed by atoms with van der Waals surface area (Å²) in [6.45, 7) is 2.57. The summed E-state index contributed by atoms with van der Waals surface area (Å²) in [5.41, 5.74) is 1.17. The number of ether oxygens (including phenoxy) is 2. The predicted octanol–water partition coefficient (Wildman–Crippen LogP) is 4.26. The van der Waals surface area contributed by atoms with Crippen LogP contribution >= 0.6 is 34.2 Å². The molecule has 1 aromatic rings. The molecule has 0 aromatic heterocycles. The highest BCUT2D eigenvalue weighted by atomic mass is 127. The number of hydrogen-bond donors (Lipinski definition) is 0. The van der Waals surface area contributed by atoms with E-state index in [0.29, 0.717) is 5.92 Å². The minimum absolute atomic E-state index is 0.146. The molecule has 0 radical (unpaired) electrons. The maximum absolute atomic E-state index is 6.05. The highest BCUT2D eigenvalue weighted by Gasteiger charge is 2.17. The van der Waals surface area contributed by atoms with E-state index in [2.05, 4.69) is 28.7 Å². The molecule has 18 heavy (non-hydrogen) atoms. The highest BCUT2D eigenvalue weighted by molar-refractivity contribution is 14.1. The second kappa shape index (κ2) is 7.68. The quantitative estimate of drug-likeness (QED) is 0.561. The number of benzene rings is 1. The lowest BCUT2D eigenvalue weighted by Crippen LogP contribution is -2.21. The van der Waals surface area contributed by atoms with Gasteiger partial charge in [0, 0.05) is 22.7 Å². The van der Waals surface area contributed by atoms with Gasteiger partial charge >= 0.3 is 0 Å². The van der Waals surface area contributed by atoms with E-state index in [9.17, 15) is 0 Å². The molecule has 1 heterocycles. The van der Waals surface area contributed by atoms with Gasteiger partial charge in [-0.05, 0) is 36.5 Å². The minimum Gasteiger partial charge on any atom is -0.381 e. The largest absolute Gasteiger partial charge is 0.381 e. The van der Waals surface area contributed by atoms with Gasteiger partial charge < -0.3 is 9.47 Å². The number of hydrogen-bond acceptors (Lipinski definition) is 2. The van der Waals surface area contributed by atoms with Gasteiger partial charge in [0.05, 0.1) is 12.7 Å². The summed E-state index contributed by atoms with van der Waals surface area (Å²) < 4.78 is 12.4. The van der Waals surface area contributed by atoms with E-state index in [1.54, 1.807) is 0 Å². The topological polar surface area (TPSA) is 18.5 Å². The summed E-state index contributed by atoms with van der Waals surface area (Å²) in [5, 5.41) is 0.775. The molecule has 2 rings (SSSR count). The molecule has 2 nitrogen and oxygen atoms in total. The monoisotopic (exact) mass is 380 g/mol. The summed E-state index contributed by atoms with van der Waals surface area (Å²) in [6.07, 6.45) is 2.37. The van der Waals surface area contributed by atoms with Gasteiger partial charge in [-0.25, -0.2) is 0 Å². The normalized spacial score (nSPS) is 18.8. The maximum Gasteiger partial charge on any atom is 0.0914 e. The first-order valence-electron chi connectivity index (χ1n) is 6.30. The number of alkyl halides is 1. The van der Waals surface area contributed by atoms with E-state index >= 15 is 0 Å². The molecule has 1 aromatic carbocycles. The molecule has 1 aliphatic rings. The van der Waals surface area contributed by atoms with Gasteiger partial charge in [-0.1, -0.05) is 46.3 Å². The van der Waals surface area contributed by atoms with E-state index in [1.165, 1.54) is 5.56 Å². The summed E-state index contributed by atoms with van der Waals surface area (Å²) in [6, 6.07) is 7.95. The summed E-state index contributed by atoms with van der Waals surface area (Å²) in [4.78, 5) is 0. The van der Waals surface area contributed by atoms with Crippen LogP contribution in [0.15, 0.2) is 24.3 Å². The van der Waals surface area contributed by atoms with Crippen LogP contribution in [0.4, 0.5) is 0 Å². The lowest BCUT2D eigenvalue weighted by atomic mass is 10.0. The first-order valence-corrected chi connectivity index (χ1v) is 8.20. The van der Waals surface area contributed by atoms with Crippen LogP contribution in [0.3, 0.4) is 0 Å². The van der Waals surface area contributed by atoms with E-state index in [1.807, 2.05) is 18.2 Å². The van der Waals surface area contributed by atoms with Crippen molar-refractivity contribution >= 4 is 34.2 Å². The lowest BCUT2D eigenvalue weighted by molar-refractivity contribution is -0.00323. The fourth-order valence-corrected chi connectivity index (χ4v) is 3.06. The number of rotatable bonds is 5. The van der Waals surface area contributed by atoms with Gasteiger partial charge in [-0.15, -0.1) is 0 Å². The third kappa shape index (κ3) is 4.37. The molecule has 1 atom stereocenters. The fourth-order valence-electron chi connectivity index (χ4n) is 2.10. The summed E-state index contributed by atoms with van der Waals surface area (Å²) in [7, 11) is 0. The van der Waals surface area contributed by atoms with Crippen LogP contribution in [0.1, 0.15) is 24.5 Å². The maximum atomic E-state index is 6.05. The third-order valence-corrected chi connectivity index (χ3v) is 4.27. The minimum atomic E-state index is 0.146. The smallest absolute Gasteiger partial charge is 0.0914 e. The Hall–Kier alpha value is 0.160. The molecule has 0 amide bonds. The van der Waals surface area contributed by atoms with Crippen molar-refractivity contribution < 1.29 is 9.47 Å². The van der Waals surface area contributed by atoms with Crippen LogP contribution in [0, 0.1) is 5.92 Å². The summed E-state index contributed by atoms with van der Waals surface area (Å²) >= 11 is 8.39. The summed E-state index contributed by atoms with van der Waals surface area (Å²) in [5.74, 6) is 0.642. The van der Waals surface area contributed by atoms with Gasteiger partial charge in [0.25, 0.3) is 0 Å². The van der Waals surface area contributed by atoms with Gasteiger partial charge in [-0.3, -0.25) is 0 Å². The fraction of sp³-hybridized carbons (Fsp3) is 0.571. The van der Waals surface area contributed by atoms with E-state index in [4.69, 9.17) is 21.1 Å². The Kier molecular flexibility index (Phi) is 6.21. The molecule has 1 unspecified atom stereocenters. The Bertz CT molecular complexity index is 367. The average Bonchev–Trinajstić information content (AvgIpc) is 2.41. The molecule has 0 spiro atoms. The Morgan fingerprint density at radius 3 is 2.83 bits per heavy atom. The Morgan fingerprint density at radius 1 is 1.39 bits per heavy atom. The Morgan fingerprint density at radius 2 is 2.17 bits per heavy atom. The first kappa shape index (κ1) is 14.6. The van der Waals surface area contributed by atoms with Crippen molar-refractivity contribution in [2.75, 3.05) is 24.2 Å². The van der Waals surface area contributed by atoms with Gasteiger partial charge in [0.15, 0.2) is 0 Å². The molecule has 1 aliphatic heterocycles. The zero-order valence-electron chi connectivity index (χ0n) is 10.3. The van der Waals surface area contributed by atoms with Crippen LogP contribution in [-0.4, -0.2) is 24.2 Å². The molecule has 4 heteroatoms. The van der Waals surface area contributed by atoms with Crippen LogP contribution < -0.4 is 0 Å². The van der Waals surface area contributed by atoms with Crippen molar-refractivity contribution in [1.29, 1.82) is 0 Å². The van der Waals surface area contributed by atoms with Gasteiger partial charge in [-0.2, -0.15) is 0 Å². The van der Waals surface area contributed by atoms with Crippen molar-refractivity contribution in [1.82, 2.24) is 0 Å². The molecule has 0 saturated carbocycles. The van der Waals surface area contributed by atoms with Crippen LogP contribution in [0.2, 0.25) is 5.02 Å². The molecular formula is C14H18ClIO2. The van der Waals surface area contributed by atoms with Crippen molar-refractivity contribution in [2.24, 2.45) is 5.92 Å². The standard InChI is InChI=1S/C14H18ClIO2/c15-13-3-1-2-12(8-13)14(9-16)18-10-11-4-6-17-7-5-11/h1-3,8,11,14H,4-7,9-10H2.